The molecule has 2 heterocycles. The second kappa shape index (κ2) is 7.44. The minimum Gasteiger partial charge on any atom is -0.328 e. The maximum Gasteiger partial charge on any atom is 0.282 e. The molecule has 0 spiro atoms. The van der Waals surface area contributed by atoms with Gasteiger partial charge in [-0.2, -0.15) is 0 Å². The van der Waals surface area contributed by atoms with Crippen molar-refractivity contribution >= 4 is 22.9 Å². The third-order valence-corrected chi connectivity index (χ3v) is 5.96. The lowest BCUT2D eigenvalue weighted by atomic mass is 10.0. The van der Waals surface area contributed by atoms with E-state index in [1.165, 1.54) is 21.6 Å². The first-order chi connectivity index (χ1) is 12.7. The van der Waals surface area contributed by atoms with Gasteiger partial charge < -0.3 is 10.2 Å². The summed E-state index contributed by atoms with van der Waals surface area (Å²) in [7, 11) is 0. The molecule has 0 fully saturated rings. The molecule has 132 valence electrons. The van der Waals surface area contributed by atoms with Crippen molar-refractivity contribution in [2.75, 3.05) is 18.0 Å². The van der Waals surface area contributed by atoms with Crippen molar-refractivity contribution in [1.29, 1.82) is 0 Å². The number of benzene rings is 2. The van der Waals surface area contributed by atoms with E-state index in [0.29, 0.717) is 6.54 Å². The molecule has 0 saturated carbocycles. The molecule has 26 heavy (non-hydrogen) atoms. The van der Waals surface area contributed by atoms with Gasteiger partial charge in [0, 0.05) is 17.8 Å². The third-order valence-electron chi connectivity index (χ3n) is 5.00. The molecule has 2 N–H and O–H groups in total. The molecule has 0 unspecified atom stereocenters. The van der Waals surface area contributed by atoms with E-state index in [4.69, 9.17) is 0 Å². The molecular weight excluding hydrogens is 340 g/mol. The van der Waals surface area contributed by atoms with Crippen molar-refractivity contribution in [2.45, 2.75) is 19.4 Å². The summed E-state index contributed by atoms with van der Waals surface area (Å²) in [4.78, 5) is 16.1. The molecule has 3 nitrogen and oxygen atoms in total. The largest absolute Gasteiger partial charge is 0.328 e. The first-order valence-electron chi connectivity index (χ1n) is 9.04. The Kier molecular flexibility index (Phi) is 4.87. The summed E-state index contributed by atoms with van der Waals surface area (Å²) in [5.41, 5.74) is 4.85. The van der Waals surface area contributed by atoms with Gasteiger partial charge in [0.25, 0.3) is 5.91 Å². The molecule has 0 radical (unpaired) electrons. The van der Waals surface area contributed by atoms with Gasteiger partial charge >= 0.3 is 0 Å². The number of quaternary nitrogens is 1. The lowest BCUT2D eigenvalue weighted by Crippen LogP contribution is -2.87. The van der Waals surface area contributed by atoms with Crippen LogP contribution in [0.5, 0.6) is 0 Å². The van der Waals surface area contributed by atoms with Crippen LogP contribution in [0.3, 0.4) is 0 Å². The molecule has 1 amide bonds. The average molecular weight is 364 g/mol. The standard InChI is InChI=1S/C22H22N2OS/c1-16-8-10-18(11-9-16)22(20-7-4-14-26-20)23-15-21(25)24-13-12-17-5-2-3-6-19(17)24/h2-11,14,22-23H,12-13,15H2,1H3/p+1/t22-/m0/s1. The van der Waals surface area contributed by atoms with Crippen molar-refractivity contribution in [3.63, 3.8) is 0 Å². The fourth-order valence-corrected chi connectivity index (χ4v) is 4.44. The molecular formula is C22H23N2OS+. The van der Waals surface area contributed by atoms with Gasteiger partial charge in [0.2, 0.25) is 0 Å². The summed E-state index contributed by atoms with van der Waals surface area (Å²) in [6, 6.07) is 21.2. The van der Waals surface area contributed by atoms with Crippen LogP contribution in [-0.2, 0) is 11.2 Å². The average Bonchev–Trinajstić information content (AvgIpc) is 3.33. The number of para-hydroxylation sites is 1. The van der Waals surface area contributed by atoms with Crippen LogP contribution in [-0.4, -0.2) is 19.0 Å². The predicted molar refractivity (Wildman–Crippen MR) is 107 cm³/mol. The molecule has 4 heteroatoms. The van der Waals surface area contributed by atoms with Crippen molar-refractivity contribution in [3.05, 3.63) is 87.6 Å². The Balaban J connectivity index is 1.50. The number of rotatable bonds is 5. The fourth-order valence-electron chi connectivity index (χ4n) is 3.58. The van der Waals surface area contributed by atoms with Gasteiger partial charge in [-0.3, -0.25) is 4.79 Å². The Hall–Kier alpha value is -2.43. The SMILES string of the molecule is Cc1ccc([C@H]([NH2+]CC(=O)N2CCc3ccccc32)c2cccs2)cc1. The lowest BCUT2D eigenvalue weighted by Gasteiger charge is -2.19. The minimum atomic E-state index is 0.164. The van der Waals surface area contributed by atoms with Crippen LogP contribution in [0.15, 0.2) is 66.0 Å². The van der Waals surface area contributed by atoms with Gasteiger partial charge in [0.15, 0.2) is 6.54 Å². The van der Waals surface area contributed by atoms with E-state index < -0.39 is 0 Å². The summed E-state index contributed by atoms with van der Waals surface area (Å²) in [6.45, 7) is 3.34. The zero-order chi connectivity index (χ0) is 17.9. The Morgan fingerprint density at radius 3 is 2.69 bits per heavy atom. The van der Waals surface area contributed by atoms with E-state index in [9.17, 15) is 4.79 Å². The Morgan fingerprint density at radius 1 is 1.12 bits per heavy atom. The van der Waals surface area contributed by atoms with E-state index in [1.54, 1.807) is 11.3 Å². The van der Waals surface area contributed by atoms with Crippen molar-refractivity contribution in [1.82, 2.24) is 0 Å². The third kappa shape index (κ3) is 3.43. The van der Waals surface area contributed by atoms with Crippen LogP contribution in [0, 0.1) is 6.92 Å². The zero-order valence-corrected chi connectivity index (χ0v) is 15.7. The first kappa shape index (κ1) is 17.0. The molecule has 0 aliphatic carbocycles. The van der Waals surface area contributed by atoms with Gasteiger partial charge in [-0.15, -0.1) is 11.3 Å². The summed E-state index contributed by atoms with van der Waals surface area (Å²) < 4.78 is 0. The highest BCUT2D eigenvalue weighted by Gasteiger charge is 2.27. The summed E-state index contributed by atoms with van der Waals surface area (Å²) >= 11 is 1.75. The maximum absolute atomic E-state index is 12.9. The molecule has 1 atom stereocenters. The van der Waals surface area contributed by atoms with Crippen molar-refractivity contribution in [3.8, 4) is 0 Å². The minimum absolute atomic E-state index is 0.164. The molecule has 0 saturated heterocycles. The number of hydrogen-bond acceptors (Lipinski definition) is 2. The zero-order valence-electron chi connectivity index (χ0n) is 14.9. The predicted octanol–water partition coefficient (Wildman–Crippen LogP) is 3.30. The van der Waals surface area contributed by atoms with Crippen LogP contribution in [0.25, 0.3) is 0 Å². The number of amides is 1. The Morgan fingerprint density at radius 2 is 1.92 bits per heavy atom. The molecule has 1 aromatic heterocycles. The molecule has 1 aliphatic rings. The maximum atomic E-state index is 12.9. The van der Waals surface area contributed by atoms with Crippen LogP contribution < -0.4 is 10.2 Å². The number of nitrogens with zero attached hydrogens (tertiary/aromatic N) is 1. The second-order valence-corrected chi connectivity index (χ2v) is 7.75. The number of carbonyl (C=O) groups excluding carboxylic acids is 1. The number of hydrogen-bond donors (Lipinski definition) is 1. The smallest absolute Gasteiger partial charge is 0.282 e. The number of nitrogens with two attached hydrogens (primary N) is 1. The molecule has 4 rings (SSSR count). The summed E-state index contributed by atoms with van der Waals surface area (Å²) in [5, 5.41) is 4.27. The van der Waals surface area contributed by atoms with Gasteiger partial charge in [-0.05, 0) is 36.4 Å². The molecule has 3 aromatic rings. The highest BCUT2D eigenvalue weighted by Crippen LogP contribution is 2.27. The quantitative estimate of drug-likeness (QED) is 0.742. The summed E-state index contributed by atoms with van der Waals surface area (Å²) in [6.07, 6.45) is 0.953. The topological polar surface area (TPSA) is 36.9 Å². The Labute approximate surface area is 158 Å². The van der Waals surface area contributed by atoms with Gasteiger partial charge in [-0.1, -0.05) is 54.1 Å². The van der Waals surface area contributed by atoms with Crippen LogP contribution in [0.4, 0.5) is 5.69 Å². The van der Waals surface area contributed by atoms with Crippen LogP contribution in [0.2, 0.25) is 0 Å². The monoisotopic (exact) mass is 363 g/mol. The van der Waals surface area contributed by atoms with Gasteiger partial charge in [0.1, 0.15) is 6.04 Å². The normalized spacial score (nSPS) is 14.3. The van der Waals surface area contributed by atoms with Crippen molar-refractivity contribution in [2.24, 2.45) is 0 Å². The van der Waals surface area contributed by atoms with E-state index in [-0.39, 0.29) is 11.9 Å². The van der Waals surface area contributed by atoms with Crippen molar-refractivity contribution < 1.29 is 10.1 Å². The number of anilines is 1. The second-order valence-electron chi connectivity index (χ2n) is 6.77. The van der Waals surface area contributed by atoms with E-state index >= 15 is 0 Å². The molecule has 2 aromatic carbocycles. The first-order valence-corrected chi connectivity index (χ1v) is 9.92. The van der Waals surface area contributed by atoms with Gasteiger partial charge in [-0.25, -0.2) is 0 Å². The highest BCUT2D eigenvalue weighted by atomic mass is 32.1. The summed E-state index contributed by atoms with van der Waals surface area (Å²) in [5.74, 6) is 0.184. The van der Waals surface area contributed by atoms with Crippen LogP contribution >= 0.6 is 11.3 Å². The fraction of sp³-hybridized carbons (Fsp3) is 0.227. The Bertz CT molecular complexity index is 887. The number of thiophene rings is 1. The van der Waals surface area contributed by atoms with Gasteiger partial charge in [0.05, 0.1) is 4.88 Å². The molecule has 1 aliphatic heterocycles. The number of fused-ring (bicyclic) bond motifs is 1. The number of aryl methyl sites for hydroxylation is 1. The lowest BCUT2D eigenvalue weighted by molar-refractivity contribution is -0.676. The van der Waals surface area contributed by atoms with E-state index in [0.717, 1.165) is 18.7 Å². The van der Waals surface area contributed by atoms with E-state index in [1.807, 2.05) is 17.0 Å². The highest BCUT2D eigenvalue weighted by molar-refractivity contribution is 7.10. The van der Waals surface area contributed by atoms with E-state index in [2.05, 4.69) is 66.2 Å². The number of carbonyl (C=O) groups is 1. The molecule has 0 bridgehead atoms. The van der Waals surface area contributed by atoms with Crippen LogP contribution in [0.1, 0.15) is 27.6 Å².